The van der Waals surface area contributed by atoms with Crippen LogP contribution in [0.4, 0.5) is 11.4 Å². The first kappa shape index (κ1) is 21.7. The van der Waals surface area contributed by atoms with E-state index in [2.05, 4.69) is 36.4 Å². The maximum absolute atomic E-state index is 13.1. The molecule has 2 aromatic heterocycles. The Morgan fingerprint density at radius 3 is 2.40 bits per heavy atom. The van der Waals surface area contributed by atoms with Crippen LogP contribution in [0, 0.1) is 13.8 Å². The average Bonchev–Trinajstić information content (AvgIpc) is 2.98. The fraction of sp³-hybridized carbons (Fsp3) is 0.364. The van der Waals surface area contributed by atoms with E-state index in [0.717, 1.165) is 27.3 Å². The van der Waals surface area contributed by atoms with E-state index >= 15 is 0 Å². The van der Waals surface area contributed by atoms with E-state index in [4.69, 9.17) is 9.72 Å². The van der Waals surface area contributed by atoms with Gasteiger partial charge in [0.1, 0.15) is 16.4 Å². The number of nitrogens with one attached hydrogen (secondary N) is 2. The van der Waals surface area contributed by atoms with Crippen LogP contribution < -0.4 is 15.4 Å². The lowest BCUT2D eigenvalue weighted by Gasteiger charge is -2.16. The van der Waals surface area contributed by atoms with Crippen LogP contribution in [0.3, 0.4) is 0 Å². The number of methoxy groups -OCH3 is 1. The Kier molecular flexibility index (Phi) is 5.81. The number of fused-ring (bicyclic) bond motifs is 1. The van der Waals surface area contributed by atoms with Crippen molar-refractivity contribution < 1.29 is 14.3 Å². The summed E-state index contributed by atoms with van der Waals surface area (Å²) in [7, 11) is 1.53. The number of amides is 2. The predicted molar refractivity (Wildman–Crippen MR) is 121 cm³/mol. The van der Waals surface area contributed by atoms with Crippen LogP contribution >= 0.6 is 11.3 Å². The van der Waals surface area contributed by atoms with Crippen LogP contribution in [0.25, 0.3) is 10.2 Å². The van der Waals surface area contributed by atoms with Gasteiger partial charge in [-0.05, 0) is 37.6 Å². The summed E-state index contributed by atoms with van der Waals surface area (Å²) in [5.41, 5.74) is 2.58. The molecule has 8 heteroatoms. The van der Waals surface area contributed by atoms with Crippen molar-refractivity contribution in [2.24, 2.45) is 0 Å². The maximum atomic E-state index is 13.1. The molecule has 2 amide bonds. The molecule has 0 saturated heterocycles. The minimum absolute atomic E-state index is 0.184. The van der Waals surface area contributed by atoms with Gasteiger partial charge in [0, 0.05) is 23.4 Å². The largest absolute Gasteiger partial charge is 0.495 e. The summed E-state index contributed by atoms with van der Waals surface area (Å²) in [4.78, 5) is 35.2. The van der Waals surface area contributed by atoms with Crippen molar-refractivity contribution in [3.05, 3.63) is 40.2 Å². The summed E-state index contributed by atoms with van der Waals surface area (Å²) >= 11 is 1.35. The Bertz CT molecular complexity index is 1150. The van der Waals surface area contributed by atoms with E-state index < -0.39 is 0 Å². The number of hydrogen-bond acceptors (Lipinski definition) is 6. The zero-order chi connectivity index (χ0) is 22.2. The zero-order valence-corrected chi connectivity index (χ0v) is 19.1. The SMILES string of the molecule is COc1ccc(NC(C)=O)cc1NC(=O)c1sc2nc(C(C)(C)C)nc(C)c2c1C. The highest BCUT2D eigenvalue weighted by molar-refractivity contribution is 7.20. The molecule has 0 aliphatic heterocycles. The molecule has 2 heterocycles. The van der Waals surface area contributed by atoms with Gasteiger partial charge < -0.3 is 15.4 Å². The first-order chi connectivity index (χ1) is 14.0. The number of hydrogen-bond donors (Lipinski definition) is 2. The van der Waals surface area contributed by atoms with Gasteiger partial charge in [0.2, 0.25) is 5.91 Å². The van der Waals surface area contributed by atoms with Crippen LogP contribution in [0.2, 0.25) is 0 Å². The van der Waals surface area contributed by atoms with E-state index in [1.807, 2.05) is 13.8 Å². The fourth-order valence-electron chi connectivity index (χ4n) is 3.16. The topological polar surface area (TPSA) is 93.2 Å². The first-order valence-electron chi connectivity index (χ1n) is 9.56. The average molecular weight is 427 g/mol. The minimum Gasteiger partial charge on any atom is -0.495 e. The maximum Gasteiger partial charge on any atom is 0.266 e. The smallest absolute Gasteiger partial charge is 0.266 e. The number of benzene rings is 1. The van der Waals surface area contributed by atoms with Gasteiger partial charge in [0.25, 0.3) is 5.91 Å². The van der Waals surface area contributed by atoms with Crippen molar-refractivity contribution in [2.75, 3.05) is 17.7 Å². The number of nitrogens with zero attached hydrogens (tertiary/aromatic N) is 2. The molecule has 0 bridgehead atoms. The van der Waals surface area contributed by atoms with Gasteiger partial charge in [-0.25, -0.2) is 9.97 Å². The van der Waals surface area contributed by atoms with Crippen molar-refractivity contribution in [1.82, 2.24) is 9.97 Å². The van der Waals surface area contributed by atoms with Gasteiger partial charge in [-0.15, -0.1) is 11.3 Å². The first-order valence-corrected chi connectivity index (χ1v) is 10.4. The summed E-state index contributed by atoms with van der Waals surface area (Å²) in [6, 6.07) is 5.08. The standard InChI is InChI=1S/C22H26N4O3S/c1-11-17-12(2)23-21(22(4,5)6)26-20(17)30-18(11)19(28)25-15-10-14(24-13(3)27)8-9-16(15)29-7/h8-10H,1-7H3,(H,24,27)(H,25,28). The number of anilines is 2. The highest BCUT2D eigenvalue weighted by Gasteiger charge is 2.24. The Hall–Kier alpha value is -3.00. The van der Waals surface area contributed by atoms with Crippen LogP contribution in [-0.2, 0) is 10.2 Å². The van der Waals surface area contributed by atoms with Crippen LogP contribution in [-0.4, -0.2) is 28.9 Å². The van der Waals surface area contributed by atoms with Gasteiger partial charge >= 0.3 is 0 Å². The molecule has 0 atom stereocenters. The highest BCUT2D eigenvalue weighted by atomic mass is 32.1. The second-order valence-electron chi connectivity index (χ2n) is 8.17. The van der Waals surface area contributed by atoms with Crippen molar-refractivity contribution in [3.8, 4) is 5.75 Å². The number of ether oxygens (including phenoxy) is 1. The minimum atomic E-state index is -0.259. The predicted octanol–water partition coefficient (Wildman–Crippen LogP) is 4.82. The quantitative estimate of drug-likeness (QED) is 0.624. The molecular weight excluding hydrogens is 400 g/mol. The lowest BCUT2D eigenvalue weighted by molar-refractivity contribution is -0.114. The van der Waals surface area contributed by atoms with E-state index in [9.17, 15) is 9.59 Å². The lowest BCUT2D eigenvalue weighted by Crippen LogP contribution is -2.16. The van der Waals surface area contributed by atoms with E-state index in [1.54, 1.807) is 18.2 Å². The lowest BCUT2D eigenvalue weighted by atomic mass is 9.95. The molecule has 0 saturated carbocycles. The normalized spacial score (nSPS) is 11.4. The van der Waals surface area contributed by atoms with E-state index in [0.29, 0.717) is 22.0 Å². The van der Waals surface area contributed by atoms with Gasteiger partial charge in [-0.3, -0.25) is 9.59 Å². The number of rotatable bonds is 4. The third kappa shape index (κ3) is 4.28. The summed E-state index contributed by atoms with van der Waals surface area (Å²) < 4.78 is 5.36. The summed E-state index contributed by atoms with van der Waals surface area (Å²) in [5, 5.41) is 6.53. The Morgan fingerprint density at radius 2 is 1.80 bits per heavy atom. The number of aryl methyl sites for hydroxylation is 2. The molecule has 0 spiro atoms. The second kappa shape index (κ2) is 8.02. The Labute approximate surface area is 179 Å². The molecule has 1 aromatic carbocycles. The molecule has 0 fully saturated rings. The third-order valence-electron chi connectivity index (χ3n) is 4.62. The Morgan fingerprint density at radius 1 is 1.10 bits per heavy atom. The molecule has 0 radical (unpaired) electrons. The number of carbonyl (C=O) groups excluding carboxylic acids is 2. The molecule has 0 unspecified atom stereocenters. The molecule has 30 heavy (non-hydrogen) atoms. The molecule has 0 aliphatic rings. The second-order valence-corrected chi connectivity index (χ2v) is 9.17. The van der Waals surface area contributed by atoms with E-state index in [1.165, 1.54) is 25.4 Å². The number of carbonyl (C=O) groups is 2. The van der Waals surface area contributed by atoms with E-state index in [-0.39, 0.29) is 17.2 Å². The Balaban J connectivity index is 2.01. The van der Waals surface area contributed by atoms with Crippen LogP contribution in [0.5, 0.6) is 5.75 Å². The van der Waals surface area contributed by atoms with Gasteiger partial charge in [-0.1, -0.05) is 20.8 Å². The molecule has 158 valence electrons. The molecule has 7 nitrogen and oxygen atoms in total. The van der Waals surface area contributed by atoms with Crippen LogP contribution in [0.1, 0.15) is 54.4 Å². The van der Waals surface area contributed by atoms with Gasteiger partial charge in [0.05, 0.1) is 23.4 Å². The van der Waals surface area contributed by atoms with Crippen molar-refractivity contribution >= 4 is 44.7 Å². The van der Waals surface area contributed by atoms with Crippen molar-refractivity contribution in [3.63, 3.8) is 0 Å². The molecule has 2 N–H and O–H groups in total. The monoisotopic (exact) mass is 426 g/mol. The molecule has 0 aliphatic carbocycles. The van der Waals surface area contributed by atoms with Crippen LogP contribution in [0.15, 0.2) is 18.2 Å². The highest BCUT2D eigenvalue weighted by Crippen LogP contribution is 2.35. The molecular formula is C22H26N4O3S. The molecule has 3 aromatic rings. The molecule has 3 rings (SSSR count). The van der Waals surface area contributed by atoms with Gasteiger partial charge in [-0.2, -0.15) is 0 Å². The third-order valence-corrected chi connectivity index (χ3v) is 5.80. The van der Waals surface area contributed by atoms with Crippen molar-refractivity contribution in [2.45, 2.75) is 47.0 Å². The summed E-state index contributed by atoms with van der Waals surface area (Å²) in [6.45, 7) is 11.5. The summed E-state index contributed by atoms with van der Waals surface area (Å²) in [5.74, 6) is 0.805. The number of thiophene rings is 1. The van der Waals surface area contributed by atoms with Gasteiger partial charge in [0.15, 0.2) is 0 Å². The summed E-state index contributed by atoms with van der Waals surface area (Å²) in [6.07, 6.45) is 0. The van der Waals surface area contributed by atoms with Crippen molar-refractivity contribution in [1.29, 1.82) is 0 Å². The fourth-order valence-corrected chi connectivity index (χ4v) is 4.28. The zero-order valence-electron chi connectivity index (χ0n) is 18.3. The number of aromatic nitrogens is 2.